The number of carbonyl (C=O) groups excluding carboxylic acids is 1. The van der Waals surface area contributed by atoms with Crippen molar-refractivity contribution in [1.82, 2.24) is 4.98 Å². The van der Waals surface area contributed by atoms with E-state index >= 15 is 0 Å². The summed E-state index contributed by atoms with van der Waals surface area (Å²) < 4.78 is 5.79. The van der Waals surface area contributed by atoms with Crippen molar-refractivity contribution < 1.29 is 9.53 Å². The third-order valence-electron chi connectivity index (χ3n) is 4.49. The highest BCUT2D eigenvalue weighted by atomic mass is 16.5. The molecule has 21 heavy (non-hydrogen) atoms. The zero-order valence-electron chi connectivity index (χ0n) is 13.2. The lowest BCUT2D eigenvalue weighted by Crippen LogP contribution is -2.35. The van der Waals surface area contributed by atoms with Gasteiger partial charge in [-0.25, -0.2) is 4.79 Å². The second-order valence-corrected chi connectivity index (χ2v) is 6.51. The van der Waals surface area contributed by atoms with Gasteiger partial charge in [0.05, 0.1) is 11.3 Å². The van der Waals surface area contributed by atoms with Gasteiger partial charge in [0.25, 0.3) is 0 Å². The van der Waals surface area contributed by atoms with Crippen LogP contribution in [0.5, 0.6) is 0 Å². The lowest BCUT2D eigenvalue weighted by molar-refractivity contribution is -0.0174. The molecule has 0 saturated heterocycles. The van der Waals surface area contributed by atoms with Gasteiger partial charge in [0.2, 0.25) is 0 Å². The smallest absolute Gasteiger partial charge is 0.339 e. The van der Waals surface area contributed by atoms with Crippen molar-refractivity contribution in [3.63, 3.8) is 0 Å². The van der Waals surface area contributed by atoms with Gasteiger partial charge in [0.15, 0.2) is 0 Å². The summed E-state index contributed by atoms with van der Waals surface area (Å²) in [4.78, 5) is 16.4. The molecule has 1 heterocycles. The van der Waals surface area contributed by atoms with Gasteiger partial charge in [-0.15, -0.1) is 0 Å². The Morgan fingerprint density at radius 1 is 1.43 bits per heavy atom. The van der Waals surface area contributed by atoms with Crippen LogP contribution in [0.1, 0.15) is 56.1 Å². The molecule has 0 aromatic carbocycles. The van der Waals surface area contributed by atoms with E-state index in [0.29, 0.717) is 29.9 Å². The van der Waals surface area contributed by atoms with Crippen LogP contribution in [-0.2, 0) is 11.3 Å². The summed E-state index contributed by atoms with van der Waals surface area (Å²) in [6.07, 6.45) is 4.91. The largest absolute Gasteiger partial charge is 0.458 e. The van der Waals surface area contributed by atoms with Crippen LogP contribution < -0.4 is 5.73 Å². The highest BCUT2D eigenvalue weighted by Crippen LogP contribution is 2.35. The molecule has 0 aliphatic heterocycles. The fraction of sp³-hybridized carbons (Fsp3) is 0.647. The number of esters is 1. The Kier molecular flexibility index (Phi) is 5.34. The highest BCUT2D eigenvalue weighted by Gasteiger charge is 2.33. The highest BCUT2D eigenvalue weighted by molar-refractivity contribution is 5.89. The molecular weight excluding hydrogens is 264 g/mol. The number of pyridine rings is 1. The van der Waals surface area contributed by atoms with Crippen LogP contribution in [0, 0.1) is 17.8 Å². The van der Waals surface area contributed by atoms with Gasteiger partial charge in [-0.1, -0.05) is 27.2 Å². The van der Waals surface area contributed by atoms with Crippen molar-refractivity contribution in [3.8, 4) is 0 Å². The molecule has 1 aromatic heterocycles. The van der Waals surface area contributed by atoms with Crippen molar-refractivity contribution >= 4 is 5.97 Å². The molecule has 1 aromatic rings. The quantitative estimate of drug-likeness (QED) is 0.865. The molecular formula is C17H26N2O2. The molecule has 0 amide bonds. The molecule has 0 bridgehead atoms. The first-order valence-electron chi connectivity index (χ1n) is 7.87. The third-order valence-corrected chi connectivity index (χ3v) is 4.49. The van der Waals surface area contributed by atoms with E-state index in [1.165, 1.54) is 6.42 Å². The first-order valence-corrected chi connectivity index (χ1v) is 7.87. The van der Waals surface area contributed by atoms with Crippen LogP contribution in [0.4, 0.5) is 0 Å². The standard InChI is InChI=1S/C17H26N2O2/c1-11(2)15-7-4-12(3)8-16(15)21-17(20)13-5-6-14(9-18)19-10-13/h5-6,10-12,15-16H,4,7-9,18H2,1-3H3/t12-,15+,16?/m1/s1. The van der Waals surface area contributed by atoms with Crippen LogP contribution in [0.15, 0.2) is 18.3 Å². The summed E-state index contributed by atoms with van der Waals surface area (Å²) in [6.45, 7) is 7.03. The fourth-order valence-corrected chi connectivity index (χ4v) is 3.12. The van der Waals surface area contributed by atoms with Crippen molar-refractivity contribution in [2.75, 3.05) is 0 Å². The maximum Gasteiger partial charge on any atom is 0.339 e. The minimum absolute atomic E-state index is 0.0236. The lowest BCUT2D eigenvalue weighted by atomic mass is 9.75. The Labute approximate surface area is 127 Å². The zero-order valence-corrected chi connectivity index (χ0v) is 13.2. The maximum atomic E-state index is 12.3. The zero-order chi connectivity index (χ0) is 15.4. The van der Waals surface area contributed by atoms with E-state index in [0.717, 1.165) is 18.5 Å². The molecule has 0 radical (unpaired) electrons. The average Bonchev–Trinajstić information content (AvgIpc) is 2.47. The number of hydrogen-bond acceptors (Lipinski definition) is 4. The van der Waals surface area contributed by atoms with Crippen molar-refractivity contribution in [1.29, 1.82) is 0 Å². The average molecular weight is 290 g/mol. The number of hydrogen-bond donors (Lipinski definition) is 1. The number of ether oxygens (including phenoxy) is 1. The van der Waals surface area contributed by atoms with E-state index in [-0.39, 0.29) is 12.1 Å². The lowest BCUT2D eigenvalue weighted by Gasteiger charge is -2.36. The van der Waals surface area contributed by atoms with Crippen LogP contribution >= 0.6 is 0 Å². The van der Waals surface area contributed by atoms with Crippen LogP contribution in [0.25, 0.3) is 0 Å². The molecule has 0 spiro atoms. The molecule has 1 unspecified atom stereocenters. The number of nitrogens with two attached hydrogens (primary N) is 1. The van der Waals surface area contributed by atoms with Gasteiger partial charge in [0, 0.05) is 12.7 Å². The monoisotopic (exact) mass is 290 g/mol. The molecule has 116 valence electrons. The van der Waals surface area contributed by atoms with Crippen molar-refractivity contribution in [2.45, 2.75) is 52.7 Å². The summed E-state index contributed by atoms with van der Waals surface area (Å²) in [5.74, 6) is 1.35. The van der Waals surface area contributed by atoms with E-state index in [9.17, 15) is 4.79 Å². The molecule has 1 aliphatic carbocycles. The second kappa shape index (κ2) is 7.03. The van der Waals surface area contributed by atoms with E-state index in [1.54, 1.807) is 18.3 Å². The summed E-state index contributed by atoms with van der Waals surface area (Å²) in [7, 11) is 0. The van der Waals surface area contributed by atoms with Gasteiger partial charge in [-0.3, -0.25) is 4.98 Å². The number of nitrogens with zero attached hydrogens (tertiary/aromatic N) is 1. The molecule has 2 rings (SSSR count). The predicted molar refractivity (Wildman–Crippen MR) is 82.7 cm³/mol. The summed E-state index contributed by atoms with van der Waals surface area (Å²) in [6, 6.07) is 3.52. The van der Waals surface area contributed by atoms with Gasteiger partial charge in [0.1, 0.15) is 6.10 Å². The Morgan fingerprint density at radius 3 is 2.76 bits per heavy atom. The topological polar surface area (TPSA) is 65.2 Å². The Balaban J connectivity index is 2.04. The summed E-state index contributed by atoms with van der Waals surface area (Å²) in [5, 5.41) is 0. The van der Waals surface area contributed by atoms with Crippen LogP contribution in [0.3, 0.4) is 0 Å². The minimum atomic E-state index is -0.268. The molecule has 1 aliphatic rings. The van der Waals surface area contributed by atoms with Crippen LogP contribution in [-0.4, -0.2) is 17.1 Å². The van der Waals surface area contributed by atoms with Gasteiger partial charge < -0.3 is 10.5 Å². The van der Waals surface area contributed by atoms with Gasteiger partial charge in [-0.05, 0) is 42.7 Å². The summed E-state index contributed by atoms with van der Waals surface area (Å²) >= 11 is 0. The molecule has 4 heteroatoms. The molecule has 3 atom stereocenters. The maximum absolute atomic E-state index is 12.3. The predicted octanol–water partition coefficient (Wildman–Crippen LogP) is 3.16. The van der Waals surface area contributed by atoms with E-state index < -0.39 is 0 Å². The van der Waals surface area contributed by atoms with E-state index in [4.69, 9.17) is 10.5 Å². The minimum Gasteiger partial charge on any atom is -0.458 e. The van der Waals surface area contributed by atoms with Gasteiger partial charge in [-0.2, -0.15) is 0 Å². The normalized spacial score (nSPS) is 25.9. The number of rotatable bonds is 4. The van der Waals surface area contributed by atoms with E-state index in [1.807, 2.05) is 0 Å². The second-order valence-electron chi connectivity index (χ2n) is 6.51. The Bertz CT molecular complexity index is 470. The Morgan fingerprint density at radius 2 is 2.19 bits per heavy atom. The third kappa shape index (κ3) is 4.03. The first kappa shape index (κ1) is 16.0. The fourth-order valence-electron chi connectivity index (χ4n) is 3.12. The molecule has 4 nitrogen and oxygen atoms in total. The summed E-state index contributed by atoms with van der Waals surface area (Å²) in [5.41, 5.74) is 6.80. The first-order chi connectivity index (χ1) is 10.0. The SMILES string of the molecule is CC(C)[C@@H]1CC[C@@H](C)CC1OC(=O)c1ccc(CN)nc1. The van der Waals surface area contributed by atoms with E-state index in [2.05, 4.69) is 25.8 Å². The van der Waals surface area contributed by atoms with Crippen molar-refractivity contribution in [2.24, 2.45) is 23.5 Å². The molecule has 1 saturated carbocycles. The van der Waals surface area contributed by atoms with Crippen molar-refractivity contribution in [3.05, 3.63) is 29.6 Å². The Hall–Kier alpha value is -1.42. The molecule has 2 N–H and O–H groups in total. The molecule has 1 fully saturated rings. The van der Waals surface area contributed by atoms with Gasteiger partial charge >= 0.3 is 5.97 Å². The number of aromatic nitrogens is 1. The number of carbonyl (C=O) groups is 1. The van der Waals surface area contributed by atoms with Crippen LogP contribution in [0.2, 0.25) is 0 Å².